The molecular weight excluding hydrogens is 239 g/mol. The van der Waals surface area contributed by atoms with Crippen LogP contribution in [-0.2, 0) is 19.1 Å². The Morgan fingerprint density at radius 3 is 1.77 bits per heavy atom. The van der Waals surface area contributed by atoms with Crippen molar-refractivity contribution in [3.8, 4) is 0 Å². The van der Waals surface area contributed by atoms with Gasteiger partial charge in [0.25, 0.3) is 0 Å². The van der Waals surface area contributed by atoms with Gasteiger partial charge in [0.1, 0.15) is 0 Å². The second kappa shape index (κ2) is 4.63. The Morgan fingerprint density at radius 1 is 1.08 bits per heavy atom. The number of hydrogen-bond acceptors (Lipinski definition) is 4. The molecule has 1 aliphatic heterocycles. The average molecular weight is 251 g/mol. The van der Waals surface area contributed by atoms with Gasteiger partial charge in [-0.15, -0.1) is 0 Å². The van der Waals surface area contributed by atoms with Crippen LogP contribution >= 0.6 is 0 Å². The molecule has 0 aromatic heterocycles. The van der Waals surface area contributed by atoms with Gasteiger partial charge in [-0.3, -0.25) is 0 Å². The van der Waals surface area contributed by atoms with Crippen LogP contribution in [0.5, 0.6) is 0 Å². The molecule has 1 heterocycles. The maximum absolute atomic E-state index is 10.7. The van der Waals surface area contributed by atoms with Gasteiger partial charge in [0.15, 0.2) is 0 Å². The summed E-state index contributed by atoms with van der Waals surface area (Å²) >= 11 is 0.431. The van der Waals surface area contributed by atoms with Crippen LogP contribution in [0.3, 0.4) is 0 Å². The summed E-state index contributed by atoms with van der Waals surface area (Å²) in [5.41, 5.74) is 0. The van der Waals surface area contributed by atoms with Crippen molar-refractivity contribution in [2.24, 2.45) is 0 Å². The van der Waals surface area contributed by atoms with Crippen molar-refractivity contribution in [2.75, 3.05) is 0 Å². The first-order valence-corrected chi connectivity index (χ1v) is 6.44. The molecule has 0 aromatic carbocycles. The van der Waals surface area contributed by atoms with Gasteiger partial charge in [-0.2, -0.15) is 0 Å². The monoisotopic (exact) mass is 252 g/mol. The molecule has 0 aliphatic carbocycles. The average Bonchev–Trinajstić information content (AvgIpc) is 2.34. The van der Waals surface area contributed by atoms with E-state index in [1.54, 1.807) is 0 Å². The minimum atomic E-state index is -0.306. The van der Waals surface area contributed by atoms with Crippen LogP contribution in [0.1, 0.15) is 13.8 Å². The minimum absolute atomic E-state index is 0.207. The Bertz CT molecular complexity index is 194. The number of hydrogen-bond donors (Lipinski definition) is 0. The second-order valence-electron chi connectivity index (χ2n) is 2.83. The molecule has 0 bridgehead atoms. The zero-order chi connectivity index (χ0) is 9.84. The molecule has 74 valence electrons. The van der Waals surface area contributed by atoms with Crippen molar-refractivity contribution < 1.29 is 19.1 Å². The van der Waals surface area contributed by atoms with Crippen molar-refractivity contribution in [1.29, 1.82) is 0 Å². The van der Waals surface area contributed by atoms with Crippen LogP contribution in [0.25, 0.3) is 0 Å². The summed E-state index contributed by atoms with van der Waals surface area (Å²) < 4.78 is 10.0. The van der Waals surface area contributed by atoms with Crippen LogP contribution < -0.4 is 0 Å². The third-order valence-electron chi connectivity index (χ3n) is 1.61. The van der Waals surface area contributed by atoms with Crippen molar-refractivity contribution in [2.45, 2.75) is 36.7 Å². The molecule has 0 saturated carbocycles. The first-order chi connectivity index (χ1) is 6.09. The third kappa shape index (κ3) is 3.36. The molecule has 0 N–H and O–H groups in total. The first-order valence-electron chi connectivity index (χ1n) is 4.02. The number of ether oxygens (including phenoxy) is 2. The van der Waals surface area contributed by atoms with Gasteiger partial charge in [-0.25, -0.2) is 0 Å². The van der Waals surface area contributed by atoms with Crippen molar-refractivity contribution in [1.82, 2.24) is 0 Å². The molecule has 4 nitrogen and oxygen atoms in total. The van der Waals surface area contributed by atoms with E-state index in [2.05, 4.69) is 0 Å². The zero-order valence-corrected chi connectivity index (χ0v) is 9.32. The molecular formula is C8H12O4Se. The van der Waals surface area contributed by atoms with E-state index in [-0.39, 0.29) is 24.1 Å². The van der Waals surface area contributed by atoms with Crippen molar-refractivity contribution >= 4 is 26.9 Å². The van der Waals surface area contributed by atoms with Gasteiger partial charge in [-0.05, 0) is 0 Å². The van der Waals surface area contributed by atoms with Crippen LogP contribution in [-0.4, -0.2) is 39.1 Å². The van der Waals surface area contributed by atoms with Gasteiger partial charge in [-0.1, -0.05) is 0 Å². The molecule has 2 atom stereocenters. The Morgan fingerprint density at radius 2 is 1.46 bits per heavy atom. The van der Waals surface area contributed by atoms with Crippen molar-refractivity contribution in [3.05, 3.63) is 0 Å². The molecule has 1 saturated heterocycles. The van der Waals surface area contributed by atoms with Gasteiger partial charge in [0.2, 0.25) is 0 Å². The van der Waals surface area contributed by atoms with E-state index in [1.807, 2.05) is 0 Å². The van der Waals surface area contributed by atoms with Gasteiger partial charge >= 0.3 is 82.7 Å². The van der Waals surface area contributed by atoms with E-state index in [4.69, 9.17) is 9.47 Å². The molecule has 5 heteroatoms. The number of carbonyl (C=O) groups excluding carboxylic acids is 2. The summed E-state index contributed by atoms with van der Waals surface area (Å²) in [6.07, 6.45) is -0.414. The number of rotatable bonds is 2. The molecule has 0 unspecified atom stereocenters. The van der Waals surface area contributed by atoms with Gasteiger partial charge in [0.05, 0.1) is 0 Å². The van der Waals surface area contributed by atoms with Crippen LogP contribution in [0.2, 0.25) is 10.6 Å². The molecule has 0 aromatic rings. The fourth-order valence-electron chi connectivity index (χ4n) is 1.16. The summed E-state index contributed by atoms with van der Waals surface area (Å²) in [5, 5.41) is 1.70. The van der Waals surface area contributed by atoms with Gasteiger partial charge in [0, 0.05) is 0 Å². The predicted octanol–water partition coefficient (Wildman–Crippen LogP) is 0.404. The van der Waals surface area contributed by atoms with Crippen LogP contribution in [0.4, 0.5) is 0 Å². The topological polar surface area (TPSA) is 52.6 Å². The first kappa shape index (κ1) is 10.5. The van der Waals surface area contributed by atoms with E-state index >= 15 is 0 Å². The van der Waals surface area contributed by atoms with E-state index in [0.29, 0.717) is 15.0 Å². The molecule has 0 spiro atoms. The SMILES string of the molecule is CC(=O)O[C@H]1C[Se]C[C@@H]1OC(C)=O. The third-order valence-corrected chi connectivity index (χ3v) is 3.98. The van der Waals surface area contributed by atoms with Crippen LogP contribution in [0, 0.1) is 0 Å². The number of esters is 2. The Hall–Kier alpha value is -0.541. The van der Waals surface area contributed by atoms with Crippen molar-refractivity contribution in [3.63, 3.8) is 0 Å². The normalized spacial score (nSPS) is 26.9. The van der Waals surface area contributed by atoms with Gasteiger partial charge < -0.3 is 0 Å². The van der Waals surface area contributed by atoms with E-state index < -0.39 is 0 Å². The number of carbonyl (C=O) groups is 2. The van der Waals surface area contributed by atoms with Crippen LogP contribution in [0.15, 0.2) is 0 Å². The summed E-state index contributed by atoms with van der Waals surface area (Å²) in [5.74, 6) is -0.611. The summed E-state index contributed by atoms with van der Waals surface area (Å²) in [6.45, 7) is 2.74. The Labute approximate surface area is 83.1 Å². The predicted molar refractivity (Wildman–Crippen MR) is 46.5 cm³/mol. The molecule has 13 heavy (non-hydrogen) atoms. The molecule has 1 rings (SSSR count). The van der Waals surface area contributed by atoms with E-state index in [0.717, 1.165) is 10.6 Å². The Balaban J connectivity index is 2.43. The Kier molecular flexibility index (Phi) is 3.75. The fourth-order valence-corrected chi connectivity index (χ4v) is 3.61. The molecule has 1 fully saturated rings. The van der Waals surface area contributed by atoms with E-state index in [9.17, 15) is 9.59 Å². The molecule has 0 radical (unpaired) electrons. The standard InChI is InChI=1S/C8H12O4Se/c1-5(9)11-7-3-13-4-8(7)12-6(2)10/h7-8H,3-4H2,1-2H3/t7-,8-/m0/s1. The summed E-state index contributed by atoms with van der Waals surface area (Å²) in [4.78, 5) is 21.4. The fraction of sp³-hybridized carbons (Fsp3) is 0.750. The summed E-state index contributed by atoms with van der Waals surface area (Å²) in [7, 11) is 0. The maximum atomic E-state index is 10.7. The van der Waals surface area contributed by atoms with E-state index in [1.165, 1.54) is 13.8 Å². The molecule has 1 aliphatic rings. The summed E-state index contributed by atoms with van der Waals surface area (Å²) in [6, 6.07) is 0. The zero-order valence-electron chi connectivity index (χ0n) is 7.61. The second-order valence-corrected chi connectivity index (χ2v) is 5.09. The quantitative estimate of drug-likeness (QED) is 0.526. The molecule has 0 amide bonds.